The summed E-state index contributed by atoms with van der Waals surface area (Å²) < 4.78 is 10.8. The Hall–Kier alpha value is -3.54. The Balaban J connectivity index is 1.90. The van der Waals surface area contributed by atoms with Gasteiger partial charge in [0.25, 0.3) is 5.56 Å². The third-order valence-electron chi connectivity index (χ3n) is 6.10. The van der Waals surface area contributed by atoms with Crippen LogP contribution in [0.3, 0.4) is 0 Å². The number of benzene rings is 1. The minimum Gasteiger partial charge on any atom is -0.497 e. The number of hydrogen-bond donors (Lipinski definition) is 2. The van der Waals surface area contributed by atoms with Crippen LogP contribution in [0.4, 0.5) is 11.8 Å². The van der Waals surface area contributed by atoms with E-state index < -0.39 is 17.7 Å². The van der Waals surface area contributed by atoms with Crippen molar-refractivity contribution in [3.05, 3.63) is 39.7 Å². The third-order valence-corrected chi connectivity index (χ3v) is 6.10. The van der Waals surface area contributed by atoms with Crippen LogP contribution in [0, 0.1) is 17.2 Å². The minimum absolute atomic E-state index is 0.183. The molecule has 2 aromatic rings. The van der Waals surface area contributed by atoms with Crippen molar-refractivity contribution in [3.8, 4) is 17.6 Å². The lowest BCUT2D eigenvalue weighted by molar-refractivity contribution is -0.119. The predicted molar refractivity (Wildman–Crippen MR) is 115 cm³/mol. The van der Waals surface area contributed by atoms with E-state index in [1.165, 1.54) is 14.2 Å². The predicted octanol–water partition coefficient (Wildman–Crippen LogP) is 2.39. The fourth-order valence-corrected chi connectivity index (χ4v) is 4.47. The average Bonchev–Trinajstić information content (AvgIpc) is 2.77. The maximum Gasteiger partial charge on any atom is 0.258 e. The Morgan fingerprint density at radius 1 is 1.23 bits per heavy atom. The maximum atomic E-state index is 13.3. The molecule has 0 aliphatic carbocycles. The van der Waals surface area contributed by atoms with E-state index in [2.05, 4.69) is 27.1 Å². The molecular weight excluding hydrogens is 398 g/mol. The van der Waals surface area contributed by atoms with Crippen molar-refractivity contribution in [3.63, 3.8) is 0 Å². The van der Waals surface area contributed by atoms with Crippen LogP contribution >= 0.6 is 0 Å². The fourth-order valence-electron chi connectivity index (χ4n) is 4.47. The lowest BCUT2D eigenvalue weighted by Gasteiger charge is -2.35. The van der Waals surface area contributed by atoms with E-state index in [0.717, 1.165) is 25.8 Å². The van der Waals surface area contributed by atoms with Crippen LogP contribution in [0.2, 0.25) is 0 Å². The van der Waals surface area contributed by atoms with Crippen molar-refractivity contribution in [2.75, 3.05) is 31.0 Å². The molecule has 3 unspecified atom stereocenters. The summed E-state index contributed by atoms with van der Waals surface area (Å²) >= 11 is 0. The molecule has 9 heteroatoms. The number of fused-ring (bicyclic) bond motifs is 1. The Bertz CT molecular complexity index is 1110. The lowest BCUT2D eigenvalue weighted by atomic mass is 9.78. The number of nitrogens with one attached hydrogen (secondary N) is 2. The highest BCUT2D eigenvalue weighted by atomic mass is 16.5. The van der Waals surface area contributed by atoms with E-state index in [-0.39, 0.29) is 23.0 Å². The van der Waals surface area contributed by atoms with Crippen molar-refractivity contribution >= 4 is 17.7 Å². The first-order valence-corrected chi connectivity index (χ1v) is 10.3. The van der Waals surface area contributed by atoms with Gasteiger partial charge < -0.3 is 19.7 Å². The summed E-state index contributed by atoms with van der Waals surface area (Å²) in [5, 5.41) is 12.4. The zero-order chi connectivity index (χ0) is 22.1. The molecule has 2 N–H and O–H groups in total. The summed E-state index contributed by atoms with van der Waals surface area (Å²) in [6.45, 7) is 2.87. The Morgan fingerprint density at radius 2 is 2.03 bits per heavy atom. The molecule has 0 radical (unpaired) electrons. The van der Waals surface area contributed by atoms with Gasteiger partial charge in [0.05, 0.1) is 25.9 Å². The number of carbonyl (C=O) groups is 1. The van der Waals surface area contributed by atoms with Crippen LogP contribution < -0.4 is 25.2 Å². The van der Waals surface area contributed by atoms with Crippen molar-refractivity contribution in [1.29, 1.82) is 5.26 Å². The van der Waals surface area contributed by atoms with Gasteiger partial charge in [-0.1, -0.05) is 0 Å². The molecule has 1 aromatic carbocycles. The quantitative estimate of drug-likeness (QED) is 0.775. The number of methoxy groups -OCH3 is 2. The summed E-state index contributed by atoms with van der Waals surface area (Å²) in [6, 6.07) is 7.38. The van der Waals surface area contributed by atoms with Crippen molar-refractivity contribution in [2.45, 2.75) is 38.1 Å². The molecule has 2 aliphatic heterocycles. The molecule has 1 fully saturated rings. The lowest BCUT2D eigenvalue weighted by Crippen LogP contribution is -2.42. The fraction of sp³-hybridized carbons (Fsp3) is 0.455. The zero-order valence-corrected chi connectivity index (χ0v) is 17.8. The van der Waals surface area contributed by atoms with Crippen LogP contribution in [0.1, 0.15) is 43.2 Å². The number of nitriles is 1. The van der Waals surface area contributed by atoms with E-state index >= 15 is 0 Å². The highest BCUT2D eigenvalue weighted by Crippen LogP contribution is 2.43. The molecule has 162 valence electrons. The summed E-state index contributed by atoms with van der Waals surface area (Å²) in [7, 11) is 3.02. The summed E-state index contributed by atoms with van der Waals surface area (Å²) in [4.78, 5) is 35.6. The largest absolute Gasteiger partial charge is 0.497 e. The Morgan fingerprint density at radius 3 is 2.71 bits per heavy atom. The number of ether oxygens (including phenoxy) is 2. The average molecular weight is 423 g/mol. The van der Waals surface area contributed by atoms with Crippen LogP contribution in [0.15, 0.2) is 23.0 Å². The first-order chi connectivity index (χ1) is 15.0. The van der Waals surface area contributed by atoms with Gasteiger partial charge in [0.2, 0.25) is 11.9 Å². The van der Waals surface area contributed by atoms with E-state index in [1.807, 2.05) is 6.07 Å². The number of carbonyl (C=O) groups excluding carboxylic acids is 1. The number of nitrogens with zero attached hydrogens (tertiary/aromatic N) is 3. The van der Waals surface area contributed by atoms with E-state index in [9.17, 15) is 14.9 Å². The molecule has 0 spiro atoms. The number of amides is 1. The van der Waals surface area contributed by atoms with Crippen molar-refractivity contribution < 1.29 is 14.3 Å². The van der Waals surface area contributed by atoms with Crippen LogP contribution in [0.5, 0.6) is 11.5 Å². The zero-order valence-electron chi connectivity index (χ0n) is 17.8. The smallest absolute Gasteiger partial charge is 0.258 e. The van der Waals surface area contributed by atoms with E-state index in [4.69, 9.17) is 9.47 Å². The number of H-pyrrole nitrogens is 1. The molecule has 3 heterocycles. The van der Waals surface area contributed by atoms with Gasteiger partial charge in [0, 0.05) is 24.1 Å². The monoisotopic (exact) mass is 423 g/mol. The Kier molecular flexibility index (Phi) is 5.55. The Labute approximate surface area is 180 Å². The van der Waals surface area contributed by atoms with E-state index in [0.29, 0.717) is 23.0 Å². The summed E-state index contributed by atoms with van der Waals surface area (Å²) in [6.07, 6.45) is 3.15. The maximum absolute atomic E-state index is 13.3. The molecular formula is C22H25N5O4. The van der Waals surface area contributed by atoms with Crippen LogP contribution in [0.25, 0.3) is 0 Å². The summed E-state index contributed by atoms with van der Waals surface area (Å²) in [5.41, 5.74) is 0.384. The molecule has 1 aromatic heterocycles. The highest BCUT2D eigenvalue weighted by molar-refractivity contribution is 5.98. The van der Waals surface area contributed by atoms with Crippen LogP contribution in [-0.4, -0.2) is 42.7 Å². The van der Waals surface area contributed by atoms with Crippen molar-refractivity contribution in [2.24, 2.45) is 5.92 Å². The molecule has 9 nitrogen and oxygen atoms in total. The van der Waals surface area contributed by atoms with Gasteiger partial charge in [-0.3, -0.25) is 14.6 Å². The van der Waals surface area contributed by atoms with Gasteiger partial charge >= 0.3 is 0 Å². The summed E-state index contributed by atoms with van der Waals surface area (Å²) in [5.74, 6) is -0.853. The van der Waals surface area contributed by atoms with Gasteiger partial charge in [-0.2, -0.15) is 10.2 Å². The molecule has 4 rings (SSSR count). The second-order valence-corrected chi connectivity index (χ2v) is 7.87. The SMILES string of the molecule is COc1ccc(OC)c(C2c3c(nc(N4CCCCC4C)[nH]c3=O)NC(=O)C2C#N)c1. The molecule has 0 bridgehead atoms. The first kappa shape index (κ1) is 20.7. The first-order valence-electron chi connectivity index (χ1n) is 10.3. The molecule has 0 saturated carbocycles. The van der Waals surface area contributed by atoms with Gasteiger partial charge in [0.1, 0.15) is 23.2 Å². The van der Waals surface area contributed by atoms with Gasteiger partial charge in [0.15, 0.2) is 0 Å². The molecule has 31 heavy (non-hydrogen) atoms. The second kappa shape index (κ2) is 8.30. The number of piperidine rings is 1. The number of anilines is 2. The molecule has 1 saturated heterocycles. The van der Waals surface area contributed by atoms with E-state index in [1.54, 1.807) is 18.2 Å². The number of aromatic amines is 1. The number of aromatic nitrogens is 2. The standard InChI is InChI=1S/C22H25N5O4/c1-12-6-4-5-9-27(12)22-25-19-18(21(29)26-22)17(15(11-23)20(28)24-19)14-10-13(30-2)7-8-16(14)31-3/h7-8,10,12,15,17H,4-6,9H2,1-3H3,(H2,24,25,26,28,29). The van der Waals surface area contributed by atoms with Crippen molar-refractivity contribution in [1.82, 2.24) is 9.97 Å². The molecule has 2 aliphatic rings. The van der Waals surface area contributed by atoms with Gasteiger partial charge in [-0.15, -0.1) is 0 Å². The second-order valence-electron chi connectivity index (χ2n) is 7.87. The van der Waals surface area contributed by atoms with Crippen LogP contribution in [-0.2, 0) is 4.79 Å². The minimum atomic E-state index is -1.11. The highest BCUT2D eigenvalue weighted by Gasteiger charge is 2.42. The number of hydrogen-bond acceptors (Lipinski definition) is 7. The normalized spacial score (nSPS) is 22.8. The third kappa shape index (κ3) is 3.58. The van der Waals surface area contributed by atoms with Gasteiger partial charge in [-0.05, 0) is 44.4 Å². The molecule has 1 amide bonds. The molecule has 3 atom stereocenters. The number of rotatable bonds is 4. The topological polar surface area (TPSA) is 120 Å². The van der Waals surface area contributed by atoms with Gasteiger partial charge in [-0.25, -0.2) is 0 Å².